The lowest BCUT2D eigenvalue weighted by atomic mass is 9.80. The predicted octanol–water partition coefficient (Wildman–Crippen LogP) is 8.66. The number of hydrogen-bond donors (Lipinski definition) is 1. The van der Waals surface area contributed by atoms with Crippen LogP contribution < -0.4 is 19.9 Å². The SMILES string of the molecule is CCN1c2cc(C(=O)C3CCC3)ccc2NC1C1CC12CCN(c1ccccc1OC(C)(C)c1ccc(Cl)cc1F)CC2. The summed E-state index contributed by atoms with van der Waals surface area (Å²) in [6.07, 6.45) is 6.98. The van der Waals surface area contributed by atoms with Crippen LogP contribution in [-0.4, -0.2) is 31.6 Å². The number of carbonyl (C=O) groups is 1. The van der Waals surface area contributed by atoms with Crippen LogP contribution in [0.3, 0.4) is 0 Å². The molecule has 5 nitrogen and oxygen atoms in total. The van der Waals surface area contributed by atoms with E-state index < -0.39 is 5.60 Å². The first-order chi connectivity index (χ1) is 20.7. The van der Waals surface area contributed by atoms with Crippen LogP contribution in [0.1, 0.15) is 75.2 Å². The number of carbonyl (C=O) groups excluding carboxylic acids is 1. The van der Waals surface area contributed by atoms with Crippen molar-refractivity contribution in [3.05, 3.63) is 82.6 Å². The number of rotatable bonds is 8. The van der Waals surface area contributed by atoms with E-state index >= 15 is 0 Å². The van der Waals surface area contributed by atoms with Crippen LogP contribution in [-0.2, 0) is 5.60 Å². The molecule has 2 saturated carbocycles. The molecule has 2 atom stereocenters. The van der Waals surface area contributed by atoms with Gasteiger partial charge in [0.25, 0.3) is 0 Å². The van der Waals surface area contributed by atoms with Gasteiger partial charge in [-0.15, -0.1) is 0 Å². The van der Waals surface area contributed by atoms with Crippen LogP contribution in [0.25, 0.3) is 0 Å². The zero-order chi connectivity index (χ0) is 29.9. The zero-order valence-electron chi connectivity index (χ0n) is 25.3. The van der Waals surface area contributed by atoms with Gasteiger partial charge in [-0.3, -0.25) is 4.79 Å². The first-order valence-corrected chi connectivity index (χ1v) is 16.3. The molecule has 1 saturated heterocycles. The van der Waals surface area contributed by atoms with Gasteiger partial charge in [-0.2, -0.15) is 0 Å². The zero-order valence-corrected chi connectivity index (χ0v) is 26.1. The number of halogens is 2. The van der Waals surface area contributed by atoms with Crippen molar-refractivity contribution in [2.75, 3.05) is 34.8 Å². The molecule has 3 fully saturated rings. The molecule has 7 rings (SSSR count). The second-order valence-corrected chi connectivity index (χ2v) is 13.9. The fraction of sp³-hybridized carbons (Fsp3) is 0.472. The van der Waals surface area contributed by atoms with E-state index in [1.807, 2.05) is 38.1 Å². The summed E-state index contributed by atoms with van der Waals surface area (Å²) >= 11 is 6.00. The van der Waals surface area contributed by atoms with E-state index in [9.17, 15) is 9.18 Å². The van der Waals surface area contributed by atoms with Crippen molar-refractivity contribution in [1.29, 1.82) is 0 Å². The molecule has 0 radical (unpaired) electrons. The van der Waals surface area contributed by atoms with Crippen molar-refractivity contribution in [2.45, 2.75) is 71.1 Å². The number of piperidine rings is 1. The number of fused-ring (bicyclic) bond motifs is 1. The van der Waals surface area contributed by atoms with Crippen LogP contribution in [0.5, 0.6) is 5.75 Å². The summed E-state index contributed by atoms with van der Waals surface area (Å²) in [7, 11) is 0. The largest absolute Gasteiger partial charge is 0.481 e. The van der Waals surface area contributed by atoms with Crippen molar-refractivity contribution >= 4 is 34.4 Å². The molecule has 3 aromatic carbocycles. The molecule has 0 bridgehead atoms. The Morgan fingerprint density at radius 1 is 1.07 bits per heavy atom. The van der Waals surface area contributed by atoms with E-state index in [-0.39, 0.29) is 17.9 Å². The molecule has 1 N–H and O–H groups in total. The molecule has 0 amide bonds. The number of para-hydroxylation sites is 2. The molecule has 43 heavy (non-hydrogen) atoms. The summed E-state index contributed by atoms with van der Waals surface area (Å²) in [5.41, 5.74) is 4.21. The number of nitrogens with zero attached hydrogens (tertiary/aromatic N) is 2. The van der Waals surface area contributed by atoms with Gasteiger partial charge >= 0.3 is 0 Å². The molecule has 4 aliphatic rings. The smallest absolute Gasteiger partial charge is 0.166 e. The average Bonchev–Trinajstić information content (AvgIpc) is 3.51. The van der Waals surface area contributed by atoms with E-state index in [1.54, 1.807) is 12.1 Å². The number of nitrogens with one attached hydrogen (secondary N) is 1. The Balaban J connectivity index is 1.03. The highest BCUT2D eigenvalue weighted by atomic mass is 35.5. The lowest BCUT2D eigenvalue weighted by Crippen LogP contribution is -2.42. The maximum atomic E-state index is 14.8. The van der Waals surface area contributed by atoms with Crippen LogP contribution in [0.2, 0.25) is 5.02 Å². The Morgan fingerprint density at radius 3 is 2.53 bits per heavy atom. The van der Waals surface area contributed by atoms with Crippen molar-refractivity contribution in [1.82, 2.24) is 0 Å². The molecular weight excluding hydrogens is 561 g/mol. The Kier molecular flexibility index (Phi) is 7.11. The van der Waals surface area contributed by atoms with Gasteiger partial charge in [0.05, 0.1) is 17.1 Å². The lowest BCUT2D eigenvalue weighted by molar-refractivity contribution is 0.0855. The summed E-state index contributed by atoms with van der Waals surface area (Å²) < 4.78 is 21.3. The average molecular weight is 602 g/mol. The van der Waals surface area contributed by atoms with Gasteiger partial charge < -0.3 is 19.9 Å². The Bertz CT molecular complexity index is 1550. The van der Waals surface area contributed by atoms with Crippen LogP contribution in [0.15, 0.2) is 60.7 Å². The van der Waals surface area contributed by atoms with Gasteiger partial charge in [0.1, 0.15) is 23.3 Å². The van der Waals surface area contributed by atoms with Crippen molar-refractivity contribution in [3.63, 3.8) is 0 Å². The fourth-order valence-corrected chi connectivity index (χ4v) is 7.89. The molecule has 2 aliphatic carbocycles. The first kappa shape index (κ1) is 28.5. The fourth-order valence-electron chi connectivity index (χ4n) is 7.73. The second kappa shape index (κ2) is 10.7. The molecule has 2 unspecified atom stereocenters. The van der Waals surface area contributed by atoms with Gasteiger partial charge in [0.2, 0.25) is 0 Å². The van der Waals surface area contributed by atoms with Gasteiger partial charge in [0.15, 0.2) is 5.78 Å². The van der Waals surface area contributed by atoms with Gasteiger partial charge in [-0.25, -0.2) is 4.39 Å². The molecular formula is C36H41ClFN3O2. The second-order valence-electron chi connectivity index (χ2n) is 13.5. The molecule has 2 heterocycles. The van der Waals surface area contributed by atoms with Crippen molar-refractivity contribution in [2.24, 2.45) is 17.3 Å². The van der Waals surface area contributed by atoms with Gasteiger partial charge in [-0.1, -0.05) is 36.2 Å². The summed E-state index contributed by atoms with van der Waals surface area (Å²) in [6.45, 7) is 8.84. The minimum Gasteiger partial charge on any atom is -0.481 e. The van der Waals surface area contributed by atoms with E-state index in [0.717, 1.165) is 68.0 Å². The van der Waals surface area contributed by atoms with Crippen molar-refractivity contribution < 1.29 is 13.9 Å². The minimum absolute atomic E-state index is 0.218. The van der Waals surface area contributed by atoms with Crippen LogP contribution >= 0.6 is 11.6 Å². The first-order valence-electron chi connectivity index (χ1n) is 15.9. The molecule has 1 spiro atoms. The third kappa shape index (κ3) is 5.05. The monoisotopic (exact) mass is 601 g/mol. The molecule has 2 aliphatic heterocycles. The highest BCUT2D eigenvalue weighted by Gasteiger charge is 2.60. The summed E-state index contributed by atoms with van der Waals surface area (Å²) in [6, 6.07) is 19.2. The Hall–Kier alpha value is -3.25. The number of ketones is 1. The number of benzene rings is 3. The van der Waals surface area contributed by atoms with E-state index in [1.165, 1.54) is 24.6 Å². The van der Waals surface area contributed by atoms with Gasteiger partial charge in [-0.05, 0) is 101 Å². The van der Waals surface area contributed by atoms with Crippen LogP contribution in [0, 0.1) is 23.1 Å². The quantitative estimate of drug-likeness (QED) is 0.262. The highest BCUT2D eigenvalue weighted by Crippen LogP contribution is 2.63. The summed E-state index contributed by atoms with van der Waals surface area (Å²) in [5, 5.41) is 4.21. The number of anilines is 3. The Labute approximate surface area is 259 Å². The van der Waals surface area contributed by atoms with Crippen molar-refractivity contribution in [3.8, 4) is 5.75 Å². The normalized spacial score (nSPS) is 22.6. The third-order valence-corrected chi connectivity index (χ3v) is 10.8. The molecule has 7 heteroatoms. The molecule has 0 aromatic heterocycles. The highest BCUT2D eigenvalue weighted by molar-refractivity contribution is 6.30. The van der Waals surface area contributed by atoms with E-state index in [4.69, 9.17) is 16.3 Å². The predicted molar refractivity (Wildman–Crippen MR) is 172 cm³/mol. The number of hydrogen-bond acceptors (Lipinski definition) is 5. The van der Waals surface area contributed by atoms with E-state index in [2.05, 4.69) is 40.2 Å². The molecule has 3 aromatic rings. The standard InChI is InChI=1S/C36H41ClFN3O2/c1-4-41-31-20-24(33(42)23-8-7-9-23)12-15-29(31)39-34(41)27-22-36(27)16-18-40(19-17-36)30-10-5-6-11-32(30)43-35(2,3)26-14-13-25(37)21-28(26)38/h5-6,10-15,20-21,23,27,34,39H,4,7-9,16-19,22H2,1-3H3. The molecule has 226 valence electrons. The summed E-state index contributed by atoms with van der Waals surface area (Å²) in [5.74, 6) is 1.51. The number of Topliss-reactive ketones (excluding diaryl/α,β-unsaturated/α-hetero) is 1. The maximum Gasteiger partial charge on any atom is 0.166 e. The minimum atomic E-state index is -0.863. The lowest BCUT2D eigenvalue weighted by Gasteiger charge is -2.38. The maximum absolute atomic E-state index is 14.8. The topological polar surface area (TPSA) is 44.8 Å². The summed E-state index contributed by atoms with van der Waals surface area (Å²) in [4.78, 5) is 17.9. The van der Waals surface area contributed by atoms with Crippen LogP contribution in [0.4, 0.5) is 21.5 Å². The van der Waals surface area contributed by atoms with E-state index in [0.29, 0.717) is 27.7 Å². The van der Waals surface area contributed by atoms with Gasteiger partial charge in [0, 0.05) is 47.6 Å². The Morgan fingerprint density at radius 2 is 1.84 bits per heavy atom. The third-order valence-electron chi connectivity index (χ3n) is 10.6. The number of ether oxygens (including phenoxy) is 1.